The molecule has 0 bridgehead atoms. The Labute approximate surface area is 168 Å². The smallest absolute Gasteiger partial charge is 0.345 e. The van der Waals surface area contributed by atoms with Crippen molar-refractivity contribution in [1.29, 1.82) is 0 Å². The number of hydrazone groups is 1. The zero-order valence-electron chi connectivity index (χ0n) is 16.1. The standard InChI is InChI=1S/C25H20N2O2/c1-17-9-5-7-13-22(17)27-23(18-10-3-2-4-11-18)16-21(26-27)20-15-19-12-6-8-14-24(19)29-25(20)28/h2-15,23H,16H2,1H3. The summed E-state index contributed by atoms with van der Waals surface area (Å²) in [6.07, 6.45) is 0.640. The maximum Gasteiger partial charge on any atom is 0.345 e. The highest BCUT2D eigenvalue weighted by molar-refractivity contribution is 6.04. The van der Waals surface area contributed by atoms with Crippen molar-refractivity contribution in [2.24, 2.45) is 5.10 Å². The molecule has 0 spiro atoms. The van der Waals surface area contributed by atoms with Crippen LogP contribution in [-0.4, -0.2) is 5.71 Å². The molecule has 4 heteroatoms. The lowest BCUT2D eigenvalue weighted by atomic mass is 9.98. The van der Waals surface area contributed by atoms with Crippen LogP contribution in [-0.2, 0) is 0 Å². The maximum absolute atomic E-state index is 12.7. The lowest BCUT2D eigenvalue weighted by Crippen LogP contribution is -2.19. The van der Waals surface area contributed by atoms with Gasteiger partial charge in [-0.1, -0.05) is 66.7 Å². The topological polar surface area (TPSA) is 45.8 Å². The van der Waals surface area contributed by atoms with Gasteiger partial charge in [-0.3, -0.25) is 5.01 Å². The summed E-state index contributed by atoms with van der Waals surface area (Å²) in [5.41, 5.74) is 4.88. The molecule has 0 radical (unpaired) electrons. The predicted octanol–water partition coefficient (Wildman–Crippen LogP) is 5.46. The van der Waals surface area contributed by atoms with Gasteiger partial charge in [-0.2, -0.15) is 5.10 Å². The van der Waals surface area contributed by atoms with E-state index in [1.807, 2.05) is 65.7 Å². The van der Waals surface area contributed by atoms with Gasteiger partial charge in [0, 0.05) is 11.8 Å². The molecular weight excluding hydrogens is 360 g/mol. The van der Waals surface area contributed by atoms with Gasteiger partial charge in [0.15, 0.2) is 0 Å². The molecule has 1 atom stereocenters. The molecule has 4 aromatic rings. The minimum absolute atomic E-state index is 0.0261. The summed E-state index contributed by atoms with van der Waals surface area (Å²) in [6.45, 7) is 2.08. The van der Waals surface area contributed by atoms with Crippen molar-refractivity contribution in [2.75, 3.05) is 5.01 Å². The summed E-state index contributed by atoms with van der Waals surface area (Å²) < 4.78 is 5.56. The molecule has 1 aliphatic rings. The molecule has 0 N–H and O–H groups in total. The molecule has 3 aromatic carbocycles. The van der Waals surface area contributed by atoms with Crippen molar-refractivity contribution >= 4 is 22.4 Å². The van der Waals surface area contributed by atoms with Crippen LogP contribution in [0.5, 0.6) is 0 Å². The van der Waals surface area contributed by atoms with Gasteiger partial charge in [-0.25, -0.2) is 4.79 Å². The van der Waals surface area contributed by atoms with E-state index in [4.69, 9.17) is 9.52 Å². The van der Waals surface area contributed by atoms with Gasteiger partial charge in [0.2, 0.25) is 0 Å². The second-order valence-corrected chi connectivity index (χ2v) is 7.29. The fourth-order valence-electron chi connectivity index (χ4n) is 3.91. The van der Waals surface area contributed by atoms with Crippen LogP contribution >= 0.6 is 0 Å². The Morgan fingerprint density at radius 3 is 2.48 bits per heavy atom. The second-order valence-electron chi connectivity index (χ2n) is 7.29. The number of fused-ring (bicyclic) bond motifs is 1. The van der Waals surface area contributed by atoms with E-state index in [0.29, 0.717) is 17.6 Å². The average molecular weight is 380 g/mol. The summed E-state index contributed by atoms with van der Waals surface area (Å²) in [6, 6.07) is 28.0. The number of rotatable bonds is 3. The van der Waals surface area contributed by atoms with Gasteiger partial charge < -0.3 is 4.42 Å². The third-order valence-corrected chi connectivity index (χ3v) is 5.41. The maximum atomic E-state index is 12.7. The highest BCUT2D eigenvalue weighted by atomic mass is 16.4. The van der Waals surface area contributed by atoms with Gasteiger partial charge in [-0.05, 0) is 36.2 Å². The van der Waals surface area contributed by atoms with E-state index in [1.54, 1.807) is 0 Å². The molecule has 0 saturated carbocycles. The number of para-hydroxylation sites is 2. The Morgan fingerprint density at radius 1 is 0.931 bits per heavy atom. The Hall–Kier alpha value is -3.66. The molecule has 2 heterocycles. The minimum atomic E-state index is -0.346. The molecule has 0 fully saturated rings. The van der Waals surface area contributed by atoms with Crippen LogP contribution in [0.15, 0.2) is 99.2 Å². The van der Waals surface area contributed by atoms with E-state index in [9.17, 15) is 4.79 Å². The molecule has 1 aliphatic heterocycles. The van der Waals surface area contributed by atoms with Crippen molar-refractivity contribution in [3.05, 3.63) is 112 Å². The Morgan fingerprint density at radius 2 is 1.66 bits per heavy atom. The summed E-state index contributed by atoms with van der Waals surface area (Å²) in [4.78, 5) is 12.7. The van der Waals surface area contributed by atoms with Gasteiger partial charge in [0.05, 0.1) is 23.0 Å². The zero-order valence-corrected chi connectivity index (χ0v) is 16.1. The van der Waals surface area contributed by atoms with Crippen LogP contribution in [0.3, 0.4) is 0 Å². The van der Waals surface area contributed by atoms with Crippen molar-refractivity contribution in [2.45, 2.75) is 19.4 Å². The first-order chi connectivity index (χ1) is 14.2. The van der Waals surface area contributed by atoms with Gasteiger partial charge in [-0.15, -0.1) is 0 Å². The van der Waals surface area contributed by atoms with Gasteiger partial charge in [0.25, 0.3) is 0 Å². The second kappa shape index (κ2) is 7.06. The number of anilines is 1. The van der Waals surface area contributed by atoms with Gasteiger partial charge in [0.1, 0.15) is 5.58 Å². The highest BCUT2D eigenvalue weighted by Gasteiger charge is 2.31. The molecule has 4 nitrogen and oxygen atoms in total. The summed E-state index contributed by atoms with van der Waals surface area (Å²) >= 11 is 0. The molecule has 1 unspecified atom stereocenters. The van der Waals surface area contributed by atoms with Crippen LogP contribution < -0.4 is 10.6 Å². The normalized spacial score (nSPS) is 16.2. The molecule has 0 amide bonds. The number of hydrogen-bond donors (Lipinski definition) is 0. The first kappa shape index (κ1) is 17.4. The molecule has 0 aliphatic carbocycles. The van der Waals surface area contributed by atoms with E-state index in [2.05, 4.69) is 31.2 Å². The van der Waals surface area contributed by atoms with E-state index >= 15 is 0 Å². The molecular formula is C25H20N2O2. The minimum Gasteiger partial charge on any atom is -0.422 e. The van der Waals surface area contributed by atoms with Crippen molar-refractivity contribution < 1.29 is 4.42 Å². The highest BCUT2D eigenvalue weighted by Crippen LogP contribution is 2.37. The van der Waals surface area contributed by atoms with E-state index in [1.165, 1.54) is 5.56 Å². The third kappa shape index (κ3) is 3.13. The molecule has 29 heavy (non-hydrogen) atoms. The number of benzene rings is 3. The first-order valence-corrected chi connectivity index (χ1v) is 9.71. The summed E-state index contributed by atoms with van der Waals surface area (Å²) in [7, 11) is 0. The average Bonchev–Trinajstić information content (AvgIpc) is 3.19. The van der Waals surface area contributed by atoms with Crippen LogP contribution in [0, 0.1) is 6.92 Å². The molecule has 5 rings (SSSR count). The van der Waals surface area contributed by atoms with Gasteiger partial charge >= 0.3 is 5.63 Å². The van der Waals surface area contributed by atoms with Crippen LogP contribution in [0.4, 0.5) is 5.69 Å². The molecule has 0 saturated heterocycles. The van der Waals surface area contributed by atoms with Crippen LogP contribution in [0.25, 0.3) is 11.0 Å². The number of aryl methyl sites for hydroxylation is 1. The lowest BCUT2D eigenvalue weighted by Gasteiger charge is -2.25. The van der Waals surface area contributed by atoms with Crippen LogP contribution in [0.2, 0.25) is 0 Å². The number of nitrogens with zero attached hydrogens (tertiary/aromatic N) is 2. The Balaban J connectivity index is 1.65. The Bertz CT molecular complexity index is 1270. The number of hydrogen-bond acceptors (Lipinski definition) is 4. The van der Waals surface area contributed by atoms with E-state index in [-0.39, 0.29) is 11.7 Å². The van der Waals surface area contributed by atoms with Crippen molar-refractivity contribution in [3.63, 3.8) is 0 Å². The third-order valence-electron chi connectivity index (χ3n) is 5.41. The molecule has 1 aromatic heterocycles. The predicted molar refractivity (Wildman–Crippen MR) is 116 cm³/mol. The fourth-order valence-corrected chi connectivity index (χ4v) is 3.91. The monoisotopic (exact) mass is 380 g/mol. The summed E-state index contributed by atoms with van der Waals surface area (Å²) in [5.74, 6) is 0. The SMILES string of the molecule is Cc1ccccc1N1N=C(c2cc3ccccc3oc2=O)CC1c1ccccc1. The summed E-state index contributed by atoms with van der Waals surface area (Å²) in [5, 5.41) is 7.84. The molecule has 142 valence electrons. The van der Waals surface area contributed by atoms with Crippen molar-refractivity contribution in [1.82, 2.24) is 0 Å². The Kier molecular flexibility index (Phi) is 4.24. The fraction of sp³-hybridized carbons (Fsp3) is 0.120. The van der Waals surface area contributed by atoms with E-state index in [0.717, 1.165) is 22.3 Å². The zero-order chi connectivity index (χ0) is 19.8. The first-order valence-electron chi connectivity index (χ1n) is 9.71. The largest absolute Gasteiger partial charge is 0.422 e. The quantitative estimate of drug-likeness (QED) is 0.444. The van der Waals surface area contributed by atoms with Crippen LogP contribution in [0.1, 0.15) is 29.2 Å². The lowest BCUT2D eigenvalue weighted by molar-refractivity contribution is 0.559. The van der Waals surface area contributed by atoms with Crippen molar-refractivity contribution in [3.8, 4) is 0 Å². The van der Waals surface area contributed by atoms with E-state index < -0.39 is 0 Å².